The zero-order chi connectivity index (χ0) is 16.1. The van der Waals surface area contributed by atoms with Gasteiger partial charge in [-0.15, -0.1) is 0 Å². The first-order valence-corrected chi connectivity index (χ1v) is 7.76. The second kappa shape index (κ2) is 4.96. The number of aryl methyl sites for hydroxylation is 1. The van der Waals surface area contributed by atoms with Crippen LogP contribution < -0.4 is 11.2 Å². The monoisotopic (exact) mass is 308 g/mol. The van der Waals surface area contributed by atoms with Gasteiger partial charge in [-0.05, 0) is 32.0 Å². The average molecular weight is 308 g/mol. The molecule has 0 fully saturated rings. The molecule has 1 aromatic carbocycles. The number of nitrogens with one attached hydrogen (secondary N) is 1. The lowest BCUT2D eigenvalue weighted by Gasteiger charge is -2.27. The third-order valence-corrected chi connectivity index (χ3v) is 4.44. The minimum atomic E-state index is -0.117. The van der Waals surface area contributed by atoms with Crippen LogP contribution in [0.5, 0.6) is 0 Å². The summed E-state index contributed by atoms with van der Waals surface area (Å²) in [6.45, 7) is 4.26. The molecule has 118 valence electrons. The van der Waals surface area contributed by atoms with E-state index in [2.05, 4.69) is 76.3 Å². The van der Waals surface area contributed by atoms with Gasteiger partial charge in [0.15, 0.2) is 6.17 Å². The van der Waals surface area contributed by atoms with E-state index in [4.69, 9.17) is 5.73 Å². The molecule has 0 aliphatic carbocycles. The Hall–Kier alpha value is -2.60. The van der Waals surface area contributed by atoms with Crippen molar-refractivity contribution in [2.45, 2.75) is 26.1 Å². The van der Waals surface area contributed by atoms with Gasteiger partial charge in [0, 0.05) is 35.8 Å². The summed E-state index contributed by atoms with van der Waals surface area (Å²) in [5, 5.41) is 3.31. The van der Waals surface area contributed by atoms with Crippen LogP contribution in [-0.4, -0.2) is 34.0 Å². The van der Waals surface area contributed by atoms with Crippen LogP contribution in [0.2, 0.25) is 0 Å². The highest BCUT2D eigenvalue weighted by Gasteiger charge is 2.37. The number of benzene rings is 1. The summed E-state index contributed by atoms with van der Waals surface area (Å²) in [4.78, 5) is 8.68. The molecule has 0 spiro atoms. The number of nitrogens with zero attached hydrogens (tertiary/aromatic N) is 4. The fourth-order valence-electron chi connectivity index (χ4n) is 3.22. The van der Waals surface area contributed by atoms with Crippen LogP contribution in [-0.2, 0) is 7.05 Å². The van der Waals surface area contributed by atoms with Crippen molar-refractivity contribution in [2.75, 3.05) is 0 Å². The van der Waals surface area contributed by atoms with Gasteiger partial charge in [0.1, 0.15) is 12.2 Å². The number of nitrogens with two attached hydrogens (primary N) is 1. The lowest BCUT2D eigenvalue weighted by atomic mass is 10.0. The van der Waals surface area contributed by atoms with Crippen LogP contribution in [0.15, 0.2) is 46.0 Å². The van der Waals surface area contributed by atoms with Crippen molar-refractivity contribution < 1.29 is 0 Å². The summed E-state index contributed by atoms with van der Waals surface area (Å²) in [5.41, 5.74) is 13.9. The third kappa shape index (κ3) is 2.06. The zero-order valence-corrected chi connectivity index (χ0v) is 13.5. The fourth-order valence-corrected chi connectivity index (χ4v) is 3.22. The van der Waals surface area contributed by atoms with Crippen molar-refractivity contribution in [1.82, 2.24) is 15.0 Å². The molecule has 1 aromatic heterocycles. The van der Waals surface area contributed by atoms with E-state index in [1.54, 1.807) is 6.34 Å². The Morgan fingerprint density at radius 2 is 2.09 bits per heavy atom. The van der Waals surface area contributed by atoms with E-state index in [1.807, 2.05) is 0 Å². The van der Waals surface area contributed by atoms with Crippen molar-refractivity contribution >= 4 is 28.8 Å². The molecule has 3 N–H and O–H groups in total. The Labute approximate surface area is 135 Å². The Kier molecular flexibility index (Phi) is 3.02. The predicted octanol–water partition coefficient (Wildman–Crippen LogP) is 1.84. The number of aliphatic imine (C=N–C) groups is 2. The third-order valence-electron chi connectivity index (χ3n) is 4.44. The van der Waals surface area contributed by atoms with Crippen molar-refractivity contribution in [2.24, 2.45) is 22.8 Å². The van der Waals surface area contributed by atoms with Gasteiger partial charge in [0.25, 0.3) is 0 Å². The van der Waals surface area contributed by atoms with Crippen LogP contribution in [0.4, 0.5) is 0 Å². The second-order valence-electron chi connectivity index (χ2n) is 6.25. The lowest BCUT2D eigenvalue weighted by molar-refractivity contribution is 0.159. The molecule has 0 radical (unpaired) electrons. The lowest BCUT2D eigenvalue weighted by Crippen LogP contribution is -2.45. The molecule has 6 nitrogen and oxygen atoms in total. The number of hydrazine groups is 1. The number of amidine groups is 1. The van der Waals surface area contributed by atoms with Gasteiger partial charge < -0.3 is 15.7 Å². The first-order valence-electron chi connectivity index (χ1n) is 7.76. The second-order valence-corrected chi connectivity index (χ2v) is 6.25. The molecule has 0 bridgehead atoms. The normalized spacial score (nSPS) is 21.0. The highest BCUT2D eigenvalue weighted by molar-refractivity contribution is 6.09. The molecule has 1 atom stereocenters. The highest BCUT2D eigenvalue weighted by Crippen LogP contribution is 2.32. The molecule has 1 unspecified atom stereocenters. The quantitative estimate of drug-likeness (QED) is 0.889. The molecular formula is C17H20N6. The summed E-state index contributed by atoms with van der Waals surface area (Å²) in [5.74, 6) is 0.531. The molecule has 0 amide bonds. The Bertz CT molecular complexity index is 870. The Morgan fingerprint density at radius 1 is 1.26 bits per heavy atom. The first-order chi connectivity index (χ1) is 11.1. The maximum absolute atomic E-state index is 6.16. The molecule has 4 rings (SSSR count). The number of hydrogen-bond acceptors (Lipinski definition) is 5. The largest absolute Gasteiger partial charge is 0.383 e. The van der Waals surface area contributed by atoms with E-state index in [1.165, 1.54) is 10.9 Å². The van der Waals surface area contributed by atoms with Crippen LogP contribution in [0.25, 0.3) is 16.6 Å². The van der Waals surface area contributed by atoms with Gasteiger partial charge in [0.2, 0.25) is 0 Å². The van der Waals surface area contributed by atoms with Crippen molar-refractivity contribution in [1.29, 1.82) is 0 Å². The summed E-state index contributed by atoms with van der Waals surface area (Å²) in [7, 11) is 2.05. The molecule has 2 aromatic rings. The molecule has 0 saturated heterocycles. The summed E-state index contributed by atoms with van der Waals surface area (Å²) < 4.78 is 2.11. The number of aromatic nitrogens is 1. The van der Waals surface area contributed by atoms with Crippen molar-refractivity contribution in [3.05, 3.63) is 41.6 Å². The SMILES string of the molecule is CC(C)N1NC(c2ccc3c(ccn3C)c2)=C2C(N)=NC=NC21. The molecule has 0 saturated carbocycles. The molecule has 2 aliphatic heterocycles. The van der Waals surface area contributed by atoms with Crippen LogP contribution in [0.3, 0.4) is 0 Å². The Balaban J connectivity index is 1.86. The first kappa shape index (κ1) is 14.0. The average Bonchev–Trinajstić information content (AvgIpc) is 3.09. The maximum Gasteiger partial charge on any atom is 0.152 e. The summed E-state index contributed by atoms with van der Waals surface area (Å²) in [6.07, 6.45) is 3.50. The molecule has 3 heterocycles. The molecular weight excluding hydrogens is 288 g/mol. The van der Waals surface area contributed by atoms with Crippen molar-refractivity contribution in [3.63, 3.8) is 0 Å². The molecule has 6 heteroatoms. The van der Waals surface area contributed by atoms with Gasteiger partial charge in [-0.1, -0.05) is 6.07 Å². The van der Waals surface area contributed by atoms with Crippen LogP contribution in [0.1, 0.15) is 19.4 Å². The van der Waals surface area contributed by atoms with E-state index >= 15 is 0 Å². The molecule has 2 aliphatic rings. The fraction of sp³-hybridized carbons (Fsp3) is 0.294. The predicted molar refractivity (Wildman–Crippen MR) is 93.9 cm³/mol. The van der Waals surface area contributed by atoms with Crippen LogP contribution in [0, 0.1) is 0 Å². The number of fused-ring (bicyclic) bond motifs is 2. The smallest absolute Gasteiger partial charge is 0.152 e. The van der Waals surface area contributed by atoms with Gasteiger partial charge in [0.05, 0.1) is 11.3 Å². The van der Waals surface area contributed by atoms with E-state index in [0.717, 1.165) is 16.8 Å². The summed E-state index contributed by atoms with van der Waals surface area (Å²) >= 11 is 0. The number of rotatable bonds is 2. The van der Waals surface area contributed by atoms with Crippen LogP contribution >= 0.6 is 0 Å². The Morgan fingerprint density at radius 3 is 2.87 bits per heavy atom. The standard InChI is InChI=1S/C17H20N6/c1-10(2)23-17-14(16(18)19-9-20-17)15(21-23)12-4-5-13-11(8-12)6-7-22(13)3/h4-10,17,21H,1-3H3,(H2,18,19,20). The topological polar surface area (TPSA) is 70.9 Å². The van der Waals surface area contributed by atoms with Crippen molar-refractivity contribution in [3.8, 4) is 0 Å². The van der Waals surface area contributed by atoms with Gasteiger partial charge in [-0.3, -0.25) is 0 Å². The van der Waals surface area contributed by atoms with Gasteiger partial charge in [-0.2, -0.15) is 5.01 Å². The zero-order valence-electron chi connectivity index (χ0n) is 13.5. The summed E-state index contributed by atoms with van der Waals surface area (Å²) in [6, 6.07) is 8.83. The molecule has 23 heavy (non-hydrogen) atoms. The maximum atomic E-state index is 6.16. The van der Waals surface area contributed by atoms with E-state index in [9.17, 15) is 0 Å². The van der Waals surface area contributed by atoms with E-state index in [-0.39, 0.29) is 12.2 Å². The number of hydrogen-bond donors (Lipinski definition) is 2. The highest BCUT2D eigenvalue weighted by atomic mass is 15.6. The van der Waals surface area contributed by atoms with Gasteiger partial charge in [-0.25, -0.2) is 9.98 Å². The van der Waals surface area contributed by atoms with E-state index < -0.39 is 0 Å². The van der Waals surface area contributed by atoms with E-state index in [0.29, 0.717) is 5.84 Å². The van der Waals surface area contributed by atoms with Gasteiger partial charge >= 0.3 is 0 Å². The minimum Gasteiger partial charge on any atom is -0.383 e. The minimum absolute atomic E-state index is 0.117.